The number of nitrogens with one attached hydrogen (secondary N) is 1. The van der Waals surface area contributed by atoms with Gasteiger partial charge in [-0.05, 0) is 48.9 Å². The standard InChI is InChI=1S/C18H15ClN2O3/c1-12(21-17(22)15-6-8-16(19)9-7-15)18(23)24-11-14-4-2-13(10-20)3-5-14/h2-9,12H,11H2,1H3,(H,21,22)/t12-/m0/s1. The Morgan fingerprint density at radius 1 is 1.17 bits per heavy atom. The molecule has 5 nitrogen and oxygen atoms in total. The highest BCUT2D eigenvalue weighted by Gasteiger charge is 2.18. The van der Waals surface area contributed by atoms with Gasteiger partial charge in [0.2, 0.25) is 0 Å². The van der Waals surface area contributed by atoms with Gasteiger partial charge in [0.05, 0.1) is 11.6 Å². The van der Waals surface area contributed by atoms with Crippen molar-refractivity contribution in [2.45, 2.75) is 19.6 Å². The zero-order valence-electron chi connectivity index (χ0n) is 13.0. The molecular formula is C18H15ClN2O3. The van der Waals surface area contributed by atoms with Crippen LogP contribution in [-0.2, 0) is 16.1 Å². The monoisotopic (exact) mass is 342 g/mol. The molecule has 0 heterocycles. The maximum absolute atomic E-state index is 12.0. The Labute approximate surface area is 144 Å². The Kier molecular flexibility index (Phi) is 5.94. The Hall–Kier alpha value is -2.84. The van der Waals surface area contributed by atoms with Crippen molar-refractivity contribution < 1.29 is 14.3 Å². The summed E-state index contributed by atoms with van der Waals surface area (Å²) in [6.07, 6.45) is 0. The first-order chi connectivity index (χ1) is 11.5. The third kappa shape index (κ3) is 4.83. The van der Waals surface area contributed by atoms with Crippen LogP contribution in [0.1, 0.15) is 28.4 Å². The van der Waals surface area contributed by atoms with Gasteiger partial charge in [-0.15, -0.1) is 0 Å². The van der Waals surface area contributed by atoms with Crippen molar-refractivity contribution in [2.24, 2.45) is 0 Å². The largest absolute Gasteiger partial charge is 0.459 e. The first-order valence-electron chi connectivity index (χ1n) is 7.21. The predicted octanol–water partition coefficient (Wildman–Crippen LogP) is 3.07. The van der Waals surface area contributed by atoms with Crippen LogP contribution in [0.2, 0.25) is 5.02 Å². The van der Waals surface area contributed by atoms with E-state index in [-0.39, 0.29) is 12.5 Å². The number of hydrogen-bond donors (Lipinski definition) is 1. The lowest BCUT2D eigenvalue weighted by molar-refractivity contribution is -0.146. The van der Waals surface area contributed by atoms with Crippen LogP contribution in [0.4, 0.5) is 0 Å². The van der Waals surface area contributed by atoms with Gasteiger partial charge in [0.25, 0.3) is 5.91 Å². The third-order valence-electron chi connectivity index (χ3n) is 3.27. The molecule has 0 aliphatic carbocycles. The molecule has 0 radical (unpaired) electrons. The highest BCUT2D eigenvalue weighted by atomic mass is 35.5. The number of nitriles is 1. The number of rotatable bonds is 5. The van der Waals surface area contributed by atoms with E-state index >= 15 is 0 Å². The molecule has 0 saturated heterocycles. The quantitative estimate of drug-likeness (QED) is 0.847. The van der Waals surface area contributed by atoms with Gasteiger partial charge in [0.1, 0.15) is 12.6 Å². The molecule has 0 aromatic heterocycles. The number of carbonyl (C=O) groups excluding carboxylic acids is 2. The Morgan fingerprint density at radius 2 is 1.79 bits per heavy atom. The molecule has 0 spiro atoms. The summed E-state index contributed by atoms with van der Waals surface area (Å²) >= 11 is 5.77. The van der Waals surface area contributed by atoms with Crippen molar-refractivity contribution in [1.82, 2.24) is 5.32 Å². The highest BCUT2D eigenvalue weighted by Crippen LogP contribution is 2.10. The lowest BCUT2D eigenvalue weighted by atomic mass is 10.1. The number of carbonyl (C=O) groups is 2. The van der Waals surface area contributed by atoms with Crippen molar-refractivity contribution in [2.75, 3.05) is 0 Å². The van der Waals surface area contributed by atoms with E-state index < -0.39 is 12.0 Å². The van der Waals surface area contributed by atoms with Gasteiger partial charge in [0, 0.05) is 10.6 Å². The number of nitrogens with zero attached hydrogens (tertiary/aromatic N) is 1. The fourth-order valence-electron chi connectivity index (χ4n) is 1.90. The first-order valence-corrected chi connectivity index (χ1v) is 7.59. The minimum Gasteiger partial charge on any atom is -0.459 e. The van der Waals surface area contributed by atoms with E-state index in [0.29, 0.717) is 16.1 Å². The summed E-state index contributed by atoms with van der Waals surface area (Å²) in [5.74, 6) is -0.920. The zero-order valence-corrected chi connectivity index (χ0v) is 13.7. The molecule has 2 aromatic carbocycles. The maximum atomic E-state index is 12.0. The average molecular weight is 343 g/mol. The minimum absolute atomic E-state index is 0.0751. The normalized spacial score (nSPS) is 11.2. The lowest BCUT2D eigenvalue weighted by Gasteiger charge is -2.13. The van der Waals surface area contributed by atoms with Gasteiger partial charge in [-0.1, -0.05) is 23.7 Å². The van der Waals surface area contributed by atoms with Crippen LogP contribution < -0.4 is 5.32 Å². The second-order valence-corrected chi connectivity index (χ2v) is 5.55. The van der Waals surface area contributed by atoms with E-state index in [2.05, 4.69) is 5.32 Å². The predicted molar refractivity (Wildman–Crippen MR) is 89.3 cm³/mol. The van der Waals surface area contributed by atoms with E-state index in [4.69, 9.17) is 21.6 Å². The van der Waals surface area contributed by atoms with Crippen molar-refractivity contribution in [3.8, 4) is 6.07 Å². The molecule has 0 unspecified atom stereocenters. The molecule has 6 heteroatoms. The minimum atomic E-state index is -0.786. The molecule has 0 fully saturated rings. The van der Waals surface area contributed by atoms with Crippen molar-refractivity contribution in [1.29, 1.82) is 5.26 Å². The molecule has 0 aliphatic rings. The summed E-state index contributed by atoms with van der Waals surface area (Å²) in [6.45, 7) is 1.63. The van der Waals surface area contributed by atoms with Crippen molar-refractivity contribution >= 4 is 23.5 Å². The lowest BCUT2D eigenvalue weighted by Crippen LogP contribution is -2.39. The molecule has 0 aliphatic heterocycles. The number of benzene rings is 2. The summed E-state index contributed by atoms with van der Waals surface area (Å²) < 4.78 is 5.16. The Balaban J connectivity index is 1.86. The highest BCUT2D eigenvalue weighted by molar-refractivity contribution is 6.30. The van der Waals surface area contributed by atoms with Gasteiger partial charge < -0.3 is 10.1 Å². The smallest absolute Gasteiger partial charge is 0.328 e. The summed E-state index contributed by atoms with van der Waals surface area (Å²) in [5, 5.41) is 11.8. The van der Waals surface area contributed by atoms with Crippen LogP contribution in [0.3, 0.4) is 0 Å². The zero-order chi connectivity index (χ0) is 17.5. The number of amides is 1. The van der Waals surface area contributed by atoms with Gasteiger partial charge in [0.15, 0.2) is 0 Å². The van der Waals surface area contributed by atoms with Crippen molar-refractivity contribution in [3.05, 3.63) is 70.2 Å². The van der Waals surface area contributed by atoms with E-state index in [1.165, 1.54) is 0 Å². The van der Waals surface area contributed by atoms with Crippen LogP contribution >= 0.6 is 11.6 Å². The Morgan fingerprint density at radius 3 is 2.38 bits per heavy atom. The molecule has 0 saturated carbocycles. The van der Waals surface area contributed by atoms with Crippen LogP contribution in [0, 0.1) is 11.3 Å². The average Bonchev–Trinajstić information content (AvgIpc) is 2.60. The molecule has 1 atom stereocenters. The Bertz CT molecular complexity index is 764. The molecule has 1 N–H and O–H groups in total. The van der Waals surface area contributed by atoms with Gasteiger partial charge >= 0.3 is 5.97 Å². The number of hydrogen-bond acceptors (Lipinski definition) is 4. The summed E-state index contributed by atoms with van der Waals surface area (Å²) in [7, 11) is 0. The van der Waals surface area contributed by atoms with E-state index in [9.17, 15) is 9.59 Å². The van der Waals surface area contributed by atoms with Crippen molar-refractivity contribution in [3.63, 3.8) is 0 Å². The van der Waals surface area contributed by atoms with Gasteiger partial charge in [-0.2, -0.15) is 5.26 Å². The maximum Gasteiger partial charge on any atom is 0.328 e. The molecule has 0 bridgehead atoms. The topological polar surface area (TPSA) is 79.2 Å². The first kappa shape index (κ1) is 17.5. The molecule has 2 rings (SSSR count). The van der Waals surface area contributed by atoms with Gasteiger partial charge in [-0.25, -0.2) is 4.79 Å². The number of halogens is 1. The van der Waals surface area contributed by atoms with Crippen LogP contribution in [-0.4, -0.2) is 17.9 Å². The molecule has 24 heavy (non-hydrogen) atoms. The van der Waals surface area contributed by atoms with Gasteiger partial charge in [-0.3, -0.25) is 4.79 Å². The van der Waals surface area contributed by atoms with Crippen LogP contribution in [0.5, 0.6) is 0 Å². The third-order valence-corrected chi connectivity index (χ3v) is 3.52. The van der Waals surface area contributed by atoms with E-state index in [0.717, 1.165) is 5.56 Å². The van der Waals surface area contributed by atoms with E-state index in [1.807, 2.05) is 6.07 Å². The second kappa shape index (κ2) is 8.14. The molecule has 122 valence electrons. The summed E-state index contributed by atoms with van der Waals surface area (Å²) in [6, 6.07) is 14.3. The molecule has 1 amide bonds. The fraction of sp³-hybridized carbons (Fsp3) is 0.167. The summed E-state index contributed by atoms with van der Waals surface area (Å²) in [4.78, 5) is 24.0. The van der Waals surface area contributed by atoms with E-state index in [1.54, 1.807) is 55.5 Å². The van der Waals surface area contributed by atoms with Crippen LogP contribution in [0.15, 0.2) is 48.5 Å². The number of esters is 1. The second-order valence-electron chi connectivity index (χ2n) is 5.12. The number of ether oxygens (including phenoxy) is 1. The fourth-order valence-corrected chi connectivity index (χ4v) is 2.02. The van der Waals surface area contributed by atoms with Crippen LogP contribution in [0.25, 0.3) is 0 Å². The SMILES string of the molecule is C[C@H](NC(=O)c1ccc(Cl)cc1)C(=O)OCc1ccc(C#N)cc1. The summed E-state index contributed by atoms with van der Waals surface area (Å²) in [5.41, 5.74) is 1.71. The molecular weight excluding hydrogens is 328 g/mol. The molecule has 2 aromatic rings.